The SMILES string of the molecule is CN=C(NCCNC(=O)CC1CCCC1)NCC(c1cccc(OC)c1)N1CCCC1.I. The van der Waals surface area contributed by atoms with Gasteiger partial charge in [-0.1, -0.05) is 25.0 Å². The number of ether oxygens (including phenoxy) is 1. The van der Waals surface area contributed by atoms with E-state index in [-0.39, 0.29) is 35.9 Å². The maximum absolute atomic E-state index is 12.1. The summed E-state index contributed by atoms with van der Waals surface area (Å²) in [6.45, 7) is 4.26. The van der Waals surface area contributed by atoms with Gasteiger partial charge in [-0.05, 0) is 62.4 Å². The average molecular weight is 558 g/mol. The third-order valence-electron chi connectivity index (χ3n) is 6.43. The molecule has 0 radical (unpaired) electrons. The Bertz CT molecular complexity index is 718. The molecule has 1 amide bonds. The third kappa shape index (κ3) is 8.42. The third-order valence-corrected chi connectivity index (χ3v) is 6.43. The van der Waals surface area contributed by atoms with Crippen molar-refractivity contribution in [2.24, 2.45) is 10.9 Å². The van der Waals surface area contributed by atoms with Crippen molar-refractivity contribution in [2.75, 3.05) is 46.9 Å². The van der Waals surface area contributed by atoms with E-state index >= 15 is 0 Å². The van der Waals surface area contributed by atoms with Gasteiger partial charge in [0.1, 0.15) is 5.75 Å². The molecule has 1 aromatic carbocycles. The molecule has 0 bridgehead atoms. The monoisotopic (exact) mass is 557 g/mol. The van der Waals surface area contributed by atoms with Crippen LogP contribution in [0.3, 0.4) is 0 Å². The van der Waals surface area contributed by atoms with Crippen molar-refractivity contribution >= 4 is 35.8 Å². The summed E-state index contributed by atoms with van der Waals surface area (Å²) in [5.74, 6) is 2.40. The minimum Gasteiger partial charge on any atom is -0.497 e. The first-order valence-electron chi connectivity index (χ1n) is 11.8. The van der Waals surface area contributed by atoms with Crippen LogP contribution in [0.15, 0.2) is 29.3 Å². The van der Waals surface area contributed by atoms with Crippen LogP contribution < -0.4 is 20.7 Å². The van der Waals surface area contributed by atoms with Crippen molar-refractivity contribution in [3.63, 3.8) is 0 Å². The van der Waals surface area contributed by atoms with E-state index in [2.05, 4.69) is 44.0 Å². The molecule has 1 aliphatic heterocycles. The molecule has 1 atom stereocenters. The fourth-order valence-electron chi connectivity index (χ4n) is 4.71. The maximum atomic E-state index is 12.1. The second-order valence-electron chi connectivity index (χ2n) is 8.62. The predicted molar refractivity (Wildman–Crippen MR) is 141 cm³/mol. The van der Waals surface area contributed by atoms with Crippen LogP contribution in [0.25, 0.3) is 0 Å². The number of methoxy groups -OCH3 is 1. The quantitative estimate of drug-likeness (QED) is 0.178. The number of aliphatic imine (C=N–C) groups is 1. The molecule has 1 aromatic rings. The Balaban J connectivity index is 0.00000363. The summed E-state index contributed by atoms with van der Waals surface area (Å²) < 4.78 is 5.43. The van der Waals surface area contributed by atoms with Gasteiger partial charge in [-0.3, -0.25) is 14.7 Å². The number of carbonyl (C=O) groups is 1. The lowest BCUT2D eigenvalue weighted by Crippen LogP contribution is -2.44. The Morgan fingerprint density at radius 1 is 1.12 bits per heavy atom. The van der Waals surface area contributed by atoms with E-state index in [0.29, 0.717) is 25.4 Å². The van der Waals surface area contributed by atoms with E-state index in [0.717, 1.165) is 31.3 Å². The molecule has 2 fully saturated rings. The van der Waals surface area contributed by atoms with E-state index < -0.39 is 0 Å². The normalized spacial score (nSPS) is 18.1. The van der Waals surface area contributed by atoms with E-state index in [4.69, 9.17) is 4.74 Å². The molecule has 180 valence electrons. The highest BCUT2D eigenvalue weighted by molar-refractivity contribution is 14.0. The van der Waals surface area contributed by atoms with E-state index in [1.165, 1.54) is 44.1 Å². The van der Waals surface area contributed by atoms with Crippen molar-refractivity contribution in [1.82, 2.24) is 20.9 Å². The van der Waals surface area contributed by atoms with E-state index in [1.54, 1.807) is 14.2 Å². The Morgan fingerprint density at radius 3 is 2.53 bits per heavy atom. The predicted octanol–water partition coefficient (Wildman–Crippen LogP) is 3.31. The van der Waals surface area contributed by atoms with Crippen LogP contribution in [0, 0.1) is 5.92 Å². The van der Waals surface area contributed by atoms with Crippen molar-refractivity contribution in [2.45, 2.75) is 51.0 Å². The standard InChI is InChI=1S/C24H39N5O2.HI/c1-25-24(27-13-12-26-23(30)16-19-8-3-4-9-19)28-18-22(29-14-5-6-15-29)20-10-7-11-21(17-20)31-2;/h7,10-11,17,19,22H,3-6,8-9,12-16,18H2,1-2H3,(H,26,30)(H2,25,27,28);1H. The number of guanidine groups is 1. The minimum atomic E-state index is 0. The van der Waals surface area contributed by atoms with Crippen molar-refractivity contribution in [3.8, 4) is 5.75 Å². The van der Waals surface area contributed by atoms with Gasteiger partial charge in [0.25, 0.3) is 0 Å². The summed E-state index contributed by atoms with van der Waals surface area (Å²) >= 11 is 0. The van der Waals surface area contributed by atoms with Crippen LogP contribution in [-0.2, 0) is 4.79 Å². The number of halogens is 1. The van der Waals surface area contributed by atoms with Gasteiger partial charge < -0.3 is 20.7 Å². The molecule has 32 heavy (non-hydrogen) atoms. The lowest BCUT2D eigenvalue weighted by Gasteiger charge is -2.29. The number of likely N-dealkylation sites (tertiary alicyclic amines) is 1. The number of hydrogen-bond donors (Lipinski definition) is 3. The van der Waals surface area contributed by atoms with Crippen LogP contribution in [0.1, 0.15) is 56.6 Å². The first-order valence-corrected chi connectivity index (χ1v) is 11.8. The fourth-order valence-corrected chi connectivity index (χ4v) is 4.71. The number of amides is 1. The van der Waals surface area contributed by atoms with Gasteiger partial charge in [-0.15, -0.1) is 24.0 Å². The zero-order valence-corrected chi connectivity index (χ0v) is 21.9. The first kappa shape index (κ1) is 26.7. The smallest absolute Gasteiger partial charge is 0.220 e. The molecule has 3 rings (SSSR count). The molecule has 7 nitrogen and oxygen atoms in total. The second kappa shape index (κ2) is 14.6. The van der Waals surface area contributed by atoms with Gasteiger partial charge in [-0.2, -0.15) is 0 Å². The van der Waals surface area contributed by atoms with Gasteiger partial charge in [0.15, 0.2) is 5.96 Å². The Hall–Kier alpha value is -1.55. The van der Waals surface area contributed by atoms with Crippen LogP contribution in [-0.4, -0.2) is 63.6 Å². The molecule has 8 heteroatoms. The molecular formula is C24H40IN5O2. The molecule has 1 aliphatic carbocycles. The van der Waals surface area contributed by atoms with Crippen molar-refractivity contribution in [3.05, 3.63) is 29.8 Å². The highest BCUT2D eigenvalue weighted by atomic mass is 127. The molecular weight excluding hydrogens is 517 g/mol. The van der Waals surface area contributed by atoms with E-state index in [1.807, 2.05) is 6.07 Å². The summed E-state index contributed by atoms with van der Waals surface area (Å²) in [7, 11) is 3.49. The molecule has 1 saturated heterocycles. The topological polar surface area (TPSA) is 78.0 Å². The molecule has 1 saturated carbocycles. The first-order chi connectivity index (χ1) is 15.2. The number of nitrogens with one attached hydrogen (secondary N) is 3. The number of benzene rings is 1. The summed E-state index contributed by atoms with van der Waals surface area (Å²) in [4.78, 5) is 19.0. The largest absolute Gasteiger partial charge is 0.497 e. The Morgan fingerprint density at radius 2 is 1.84 bits per heavy atom. The van der Waals surface area contributed by atoms with Gasteiger partial charge >= 0.3 is 0 Å². The Kier molecular flexibility index (Phi) is 12.2. The minimum absolute atomic E-state index is 0. The highest BCUT2D eigenvalue weighted by Crippen LogP contribution is 2.28. The number of carbonyl (C=O) groups excluding carboxylic acids is 1. The van der Waals surface area contributed by atoms with Crippen LogP contribution in [0.2, 0.25) is 0 Å². The molecule has 0 aromatic heterocycles. The number of nitrogens with zero attached hydrogens (tertiary/aromatic N) is 2. The highest BCUT2D eigenvalue weighted by Gasteiger charge is 2.24. The second-order valence-corrected chi connectivity index (χ2v) is 8.62. The fraction of sp³-hybridized carbons (Fsp3) is 0.667. The van der Waals surface area contributed by atoms with Gasteiger partial charge in [-0.25, -0.2) is 0 Å². The molecule has 2 aliphatic rings. The zero-order valence-electron chi connectivity index (χ0n) is 19.6. The average Bonchev–Trinajstić information content (AvgIpc) is 3.50. The van der Waals surface area contributed by atoms with Crippen molar-refractivity contribution in [1.29, 1.82) is 0 Å². The summed E-state index contributed by atoms with van der Waals surface area (Å²) in [6.07, 6.45) is 8.11. The number of hydrogen-bond acceptors (Lipinski definition) is 4. The summed E-state index contributed by atoms with van der Waals surface area (Å²) in [5.41, 5.74) is 1.25. The molecule has 1 heterocycles. The maximum Gasteiger partial charge on any atom is 0.220 e. The summed E-state index contributed by atoms with van der Waals surface area (Å²) in [6, 6.07) is 8.60. The van der Waals surface area contributed by atoms with Gasteiger partial charge in [0, 0.05) is 33.1 Å². The molecule has 1 unspecified atom stereocenters. The van der Waals surface area contributed by atoms with Gasteiger partial charge in [0.2, 0.25) is 5.91 Å². The number of rotatable bonds is 10. The molecule has 0 spiro atoms. The summed E-state index contributed by atoms with van der Waals surface area (Å²) in [5, 5.41) is 9.82. The lowest BCUT2D eigenvalue weighted by molar-refractivity contribution is -0.121. The van der Waals surface area contributed by atoms with Crippen LogP contribution in [0.5, 0.6) is 5.75 Å². The Labute approximate surface area is 210 Å². The molecule has 3 N–H and O–H groups in total. The van der Waals surface area contributed by atoms with Gasteiger partial charge in [0.05, 0.1) is 13.2 Å². The lowest BCUT2D eigenvalue weighted by atomic mass is 10.0. The van der Waals surface area contributed by atoms with Crippen LogP contribution >= 0.6 is 24.0 Å². The van der Waals surface area contributed by atoms with Crippen molar-refractivity contribution < 1.29 is 9.53 Å². The zero-order chi connectivity index (χ0) is 21.9. The van der Waals surface area contributed by atoms with E-state index in [9.17, 15) is 4.79 Å². The van der Waals surface area contributed by atoms with Crippen LogP contribution in [0.4, 0.5) is 0 Å².